The molecule has 2 N–H and O–H groups in total. The SMILES string of the molecule is O=C(NN=Cc1ccc(Cl)c(Cl)c1O)c1cccc(Cl)c1. The molecule has 0 aliphatic heterocycles. The maximum atomic E-state index is 11.8. The van der Waals surface area contributed by atoms with Gasteiger partial charge in [-0.25, -0.2) is 5.43 Å². The third-order valence-corrected chi connectivity index (χ3v) is 3.59. The maximum Gasteiger partial charge on any atom is 0.271 e. The third kappa shape index (κ3) is 3.88. The van der Waals surface area contributed by atoms with Gasteiger partial charge >= 0.3 is 0 Å². The van der Waals surface area contributed by atoms with Crippen LogP contribution in [-0.4, -0.2) is 17.2 Å². The fourth-order valence-corrected chi connectivity index (χ4v) is 2.03. The smallest absolute Gasteiger partial charge is 0.271 e. The molecule has 0 bridgehead atoms. The Labute approximate surface area is 135 Å². The number of hydrogen-bond acceptors (Lipinski definition) is 3. The van der Waals surface area contributed by atoms with Crippen molar-refractivity contribution in [3.8, 4) is 5.75 Å². The minimum atomic E-state index is -0.423. The number of phenolic OH excluding ortho intramolecular Hbond substituents is 1. The van der Waals surface area contributed by atoms with Crippen molar-refractivity contribution < 1.29 is 9.90 Å². The van der Waals surface area contributed by atoms with Gasteiger partial charge in [-0.3, -0.25) is 4.79 Å². The van der Waals surface area contributed by atoms with E-state index in [-0.39, 0.29) is 15.8 Å². The van der Waals surface area contributed by atoms with Crippen molar-refractivity contribution in [1.29, 1.82) is 0 Å². The lowest BCUT2D eigenvalue weighted by molar-refractivity contribution is 0.0955. The molecule has 2 rings (SSSR count). The summed E-state index contributed by atoms with van der Waals surface area (Å²) >= 11 is 17.3. The predicted octanol–water partition coefficient (Wildman–Crippen LogP) is 4.12. The highest BCUT2D eigenvalue weighted by Crippen LogP contribution is 2.33. The van der Waals surface area contributed by atoms with Crippen molar-refractivity contribution >= 4 is 46.9 Å². The molecule has 0 aromatic heterocycles. The number of phenols is 1. The summed E-state index contributed by atoms with van der Waals surface area (Å²) in [7, 11) is 0. The van der Waals surface area contributed by atoms with Gasteiger partial charge in [0.15, 0.2) is 0 Å². The summed E-state index contributed by atoms with van der Waals surface area (Å²) in [6.07, 6.45) is 1.26. The van der Waals surface area contributed by atoms with E-state index in [2.05, 4.69) is 10.5 Å². The van der Waals surface area contributed by atoms with Crippen LogP contribution in [0.1, 0.15) is 15.9 Å². The predicted molar refractivity (Wildman–Crippen MR) is 84.6 cm³/mol. The van der Waals surface area contributed by atoms with E-state index in [0.29, 0.717) is 16.1 Å². The molecule has 0 saturated carbocycles. The average molecular weight is 344 g/mol. The summed E-state index contributed by atoms with van der Waals surface area (Å²) in [6.45, 7) is 0. The Balaban J connectivity index is 2.09. The van der Waals surface area contributed by atoms with Gasteiger partial charge in [-0.1, -0.05) is 40.9 Å². The van der Waals surface area contributed by atoms with Gasteiger partial charge in [-0.15, -0.1) is 0 Å². The van der Waals surface area contributed by atoms with E-state index >= 15 is 0 Å². The number of nitrogens with one attached hydrogen (secondary N) is 1. The minimum Gasteiger partial charge on any atom is -0.506 e. The Hall–Kier alpha value is -1.75. The summed E-state index contributed by atoms with van der Waals surface area (Å²) in [4.78, 5) is 11.8. The van der Waals surface area contributed by atoms with Crippen LogP contribution < -0.4 is 5.43 Å². The van der Waals surface area contributed by atoms with Crippen LogP contribution in [0.5, 0.6) is 5.75 Å². The zero-order valence-electron chi connectivity index (χ0n) is 10.5. The van der Waals surface area contributed by atoms with Crippen molar-refractivity contribution in [2.24, 2.45) is 5.10 Å². The summed E-state index contributed by atoms with van der Waals surface area (Å²) in [5.74, 6) is -0.627. The molecule has 2 aromatic rings. The van der Waals surface area contributed by atoms with Gasteiger partial charge in [0.05, 0.1) is 11.2 Å². The van der Waals surface area contributed by atoms with E-state index in [0.717, 1.165) is 0 Å². The van der Waals surface area contributed by atoms with E-state index in [1.54, 1.807) is 18.2 Å². The van der Waals surface area contributed by atoms with Crippen LogP contribution in [0.4, 0.5) is 0 Å². The van der Waals surface area contributed by atoms with E-state index < -0.39 is 5.91 Å². The van der Waals surface area contributed by atoms with Gasteiger partial charge in [-0.2, -0.15) is 5.10 Å². The van der Waals surface area contributed by atoms with Crippen LogP contribution in [0, 0.1) is 0 Å². The van der Waals surface area contributed by atoms with Gasteiger partial charge in [0.25, 0.3) is 5.91 Å². The summed E-state index contributed by atoms with van der Waals surface area (Å²) in [5, 5.41) is 14.2. The molecule has 7 heteroatoms. The standard InChI is InChI=1S/C14H9Cl3N2O2/c15-10-3-1-2-8(6-10)14(21)19-18-7-9-4-5-11(16)12(17)13(9)20/h1-7,20H,(H,19,21). The topological polar surface area (TPSA) is 61.7 Å². The normalized spacial score (nSPS) is 10.8. The number of hydrazone groups is 1. The fraction of sp³-hybridized carbons (Fsp3) is 0. The largest absolute Gasteiger partial charge is 0.506 e. The molecule has 0 unspecified atom stereocenters. The van der Waals surface area contributed by atoms with E-state index in [1.165, 1.54) is 24.4 Å². The first-order valence-electron chi connectivity index (χ1n) is 5.75. The molecule has 108 valence electrons. The van der Waals surface area contributed by atoms with Crippen LogP contribution in [0.15, 0.2) is 41.5 Å². The molecular formula is C14H9Cl3N2O2. The van der Waals surface area contributed by atoms with Crippen LogP contribution in [-0.2, 0) is 0 Å². The third-order valence-electron chi connectivity index (χ3n) is 2.56. The van der Waals surface area contributed by atoms with Crippen molar-refractivity contribution in [3.05, 3.63) is 62.6 Å². The Kier molecular flexibility index (Phi) is 5.07. The Morgan fingerprint density at radius 1 is 1.19 bits per heavy atom. The molecule has 0 radical (unpaired) electrons. The monoisotopic (exact) mass is 342 g/mol. The second-order valence-electron chi connectivity index (χ2n) is 4.01. The molecule has 0 atom stereocenters. The van der Waals surface area contributed by atoms with Crippen molar-refractivity contribution in [2.45, 2.75) is 0 Å². The highest BCUT2D eigenvalue weighted by molar-refractivity contribution is 6.43. The lowest BCUT2D eigenvalue weighted by Crippen LogP contribution is -2.17. The van der Waals surface area contributed by atoms with Gasteiger partial charge in [0.2, 0.25) is 0 Å². The Bertz CT molecular complexity index is 717. The van der Waals surface area contributed by atoms with Gasteiger partial charge in [0.1, 0.15) is 10.8 Å². The van der Waals surface area contributed by atoms with Crippen LogP contribution >= 0.6 is 34.8 Å². The molecule has 0 saturated heterocycles. The highest BCUT2D eigenvalue weighted by Gasteiger charge is 2.08. The maximum absolute atomic E-state index is 11.8. The zero-order chi connectivity index (χ0) is 15.4. The number of amides is 1. The summed E-state index contributed by atoms with van der Waals surface area (Å²) < 4.78 is 0. The first kappa shape index (κ1) is 15.6. The number of hydrogen-bond donors (Lipinski definition) is 2. The molecule has 0 heterocycles. The lowest BCUT2D eigenvalue weighted by Gasteiger charge is -2.03. The quantitative estimate of drug-likeness (QED) is 0.650. The Morgan fingerprint density at radius 2 is 1.95 bits per heavy atom. The van der Waals surface area contributed by atoms with Gasteiger partial charge in [0, 0.05) is 16.1 Å². The fourth-order valence-electron chi connectivity index (χ4n) is 1.51. The van der Waals surface area contributed by atoms with Crippen LogP contribution in [0.2, 0.25) is 15.1 Å². The van der Waals surface area contributed by atoms with E-state index in [4.69, 9.17) is 34.8 Å². The molecule has 0 aliphatic carbocycles. The molecule has 4 nitrogen and oxygen atoms in total. The number of nitrogens with zero attached hydrogens (tertiary/aromatic N) is 1. The minimum absolute atomic E-state index is 0.0294. The van der Waals surface area contributed by atoms with E-state index in [1.807, 2.05) is 0 Å². The zero-order valence-corrected chi connectivity index (χ0v) is 12.7. The molecule has 21 heavy (non-hydrogen) atoms. The number of aromatic hydroxyl groups is 1. The first-order chi connectivity index (χ1) is 9.99. The van der Waals surface area contributed by atoms with Crippen molar-refractivity contribution in [1.82, 2.24) is 5.43 Å². The van der Waals surface area contributed by atoms with Crippen LogP contribution in [0.25, 0.3) is 0 Å². The van der Waals surface area contributed by atoms with Crippen molar-refractivity contribution in [3.63, 3.8) is 0 Å². The van der Waals surface area contributed by atoms with Crippen LogP contribution in [0.3, 0.4) is 0 Å². The molecule has 0 aliphatic rings. The lowest BCUT2D eigenvalue weighted by atomic mass is 10.2. The second-order valence-corrected chi connectivity index (χ2v) is 5.23. The van der Waals surface area contributed by atoms with Gasteiger partial charge in [-0.05, 0) is 30.3 Å². The summed E-state index contributed by atoms with van der Waals surface area (Å²) in [5.41, 5.74) is 3.02. The number of halogens is 3. The molecule has 1 amide bonds. The molecule has 0 spiro atoms. The average Bonchev–Trinajstić information content (AvgIpc) is 2.47. The molecule has 0 fully saturated rings. The molecular weight excluding hydrogens is 335 g/mol. The second kappa shape index (κ2) is 6.80. The number of carbonyl (C=O) groups excluding carboxylic acids is 1. The number of carbonyl (C=O) groups is 1. The Morgan fingerprint density at radius 3 is 2.67 bits per heavy atom. The van der Waals surface area contributed by atoms with E-state index in [9.17, 15) is 9.90 Å². The number of rotatable bonds is 3. The van der Waals surface area contributed by atoms with Crippen molar-refractivity contribution in [2.75, 3.05) is 0 Å². The number of benzene rings is 2. The molecule has 2 aromatic carbocycles. The first-order valence-corrected chi connectivity index (χ1v) is 6.88. The summed E-state index contributed by atoms with van der Waals surface area (Å²) in [6, 6.07) is 9.49. The van der Waals surface area contributed by atoms with Gasteiger partial charge < -0.3 is 5.11 Å². The highest BCUT2D eigenvalue weighted by atomic mass is 35.5.